The summed E-state index contributed by atoms with van der Waals surface area (Å²) in [6.45, 7) is 7.71. The lowest BCUT2D eigenvalue weighted by Gasteiger charge is -2.41. The van der Waals surface area contributed by atoms with E-state index < -0.39 is 17.5 Å². The van der Waals surface area contributed by atoms with Crippen molar-refractivity contribution in [2.45, 2.75) is 57.7 Å². The minimum atomic E-state index is -1.69. The molecule has 0 bridgehead atoms. The number of carbonyl (C=O) groups is 2. The van der Waals surface area contributed by atoms with E-state index in [-0.39, 0.29) is 17.9 Å². The third kappa shape index (κ3) is 4.46. The molecule has 0 spiro atoms. The summed E-state index contributed by atoms with van der Waals surface area (Å²) in [5, 5.41) is 11.3. The highest BCUT2D eigenvalue weighted by molar-refractivity contribution is 5.90. The van der Waals surface area contributed by atoms with Gasteiger partial charge in [-0.15, -0.1) is 0 Å². The van der Waals surface area contributed by atoms with E-state index in [4.69, 9.17) is 9.47 Å². The Morgan fingerprint density at radius 1 is 1.03 bits per heavy atom. The van der Waals surface area contributed by atoms with Gasteiger partial charge in [0, 0.05) is 0 Å². The predicted octanol–water partition coefficient (Wildman–Crippen LogP) is 4.72. The van der Waals surface area contributed by atoms with Crippen LogP contribution in [0.4, 0.5) is 0 Å². The fraction of sp³-hybridized carbons (Fsp3) is 0.360. The van der Waals surface area contributed by atoms with Gasteiger partial charge in [-0.05, 0) is 73.1 Å². The number of esters is 2. The van der Waals surface area contributed by atoms with Gasteiger partial charge in [0.2, 0.25) is 0 Å². The zero-order valence-electron chi connectivity index (χ0n) is 17.8. The first-order valence-corrected chi connectivity index (χ1v) is 10.1. The van der Waals surface area contributed by atoms with E-state index in [0.29, 0.717) is 23.1 Å². The Kier molecular flexibility index (Phi) is 6.13. The highest BCUT2D eigenvalue weighted by atomic mass is 16.6. The lowest BCUT2D eigenvalue weighted by atomic mass is 9.66. The first-order chi connectivity index (χ1) is 14.1. The van der Waals surface area contributed by atoms with Crippen molar-refractivity contribution in [2.24, 2.45) is 0 Å². The zero-order valence-corrected chi connectivity index (χ0v) is 17.8. The minimum Gasteiger partial charge on any atom is -0.461 e. The standard InChI is InChI=1S/C25H28O5/c1-17(2)30-23(27)25(28)14-13-24(3,4)20-11-10-18(16-21(20)25)12-15-29-22(26)19-8-6-5-7-9-19/h5-12,15-17,28H,13-14H2,1-4H3. The lowest BCUT2D eigenvalue weighted by Crippen LogP contribution is -2.45. The molecular weight excluding hydrogens is 380 g/mol. The topological polar surface area (TPSA) is 72.8 Å². The summed E-state index contributed by atoms with van der Waals surface area (Å²) in [5.74, 6) is -1.09. The molecule has 5 nitrogen and oxygen atoms in total. The van der Waals surface area contributed by atoms with Crippen LogP contribution < -0.4 is 0 Å². The number of hydrogen-bond acceptors (Lipinski definition) is 5. The normalized spacial score (nSPS) is 20.1. The first-order valence-electron chi connectivity index (χ1n) is 10.1. The van der Waals surface area contributed by atoms with Crippen molar-refractivity contribution in [3.05, 3.63) is 77.0 Å². The molecular formula is C25H28O5. The Morgan fingerprint density at radius 2 is 1.73 bits per heavy atom. The second-order valence-electron chi connectivity index (χ2n) is 8.58. The summed E-state index contributed by atoms with van der Waals surface area (Å²) in [5.41, 5.74) is 0.751. The third-order valence-corrected chi connectivity index (χ3v) is 5.46. The summed E-state index contributed by atoms with van der Waals surface area (Å²) < 4.78 is 10.5. The van der Waals surface area contributed by atoms with Gasteiger partial charge in [0.05, 0.1) is 17.9 Å². The van der Waals surface area contributed by atoms with Gasteiger partial charge in [0.25, 0.3) is 0 Å². The van der Waals surface area contributed by atoms with Crippen LogP contribution in [-0.4, -0.2) is 23.1 Å². The van der Waals surface area contributed by atoms with Crippen LogP contribution in [0.2, 0.25) is 0 Å². The van der Waals surface area contributed by atoms with Crippen molar-refractivity contribution >= 4 is 18.0 Å². The SMILES string of the molecule is CC(C)OC(=O)C1(O)CCC(C)(C)c2ccc(C=COC(=O)c3ccccc3)cc21. The van der Waals surface area contributed by atoms with Gasteiger partial charge >= 0.3 is 11.9 Å². The maximum absolute atomic E-state index is 12.7. The summed E-state index contributed by atoms with van der Waals surface area (Å²) >= 11 is 0. The van der Waals surface area contributed by atoms with Gasteiger partial charge in [-0.2, -0.15) is 0 Å². The van der Waals surface area contributed by atoms with Crippen LogP contribution >= 0.6 is 0 Å². The van der Waals surface area contributed by atoms with Crippen molar-refractivity contribution < 1.29 is 24.2 Å². The highest BCUT2D eigenvalue weighted by Gasteiger charge is 2.48. The second kappa shape index (κ2) is 8.44. The smallest absolute Gasteiger partial charge is 0.343 e. The lowest BCUT2D eigenvalue weighted by molar-refractivity contribution is -0.173. The van der Waals surface area contributed by atoms with Crippen molar-refractivity contribution in [1.82, 2.24) is 0 Å². The first kappa shape index (κ1) is 21.8. The number of carbonyl (C=O) groups excluding carboxylic acids is 2. The molecule has 0 saturated carbocycles. The van der Waals surface area contributed by atoms with E-state index in [0.717, 1.165) is 5.56 Å². The third-order valence-electron chi connectivity index (χ3n) is 5.46. The molecule has 0 heterocycles. The van der Waals surface area contributed by atoms with Crippen LogP contribution in [0.3, 0.4) is 0 Å². The van der Waals surface area contributed by atoms with Crippen LogP contribution in [-0.2, 0) is 25.3 Å². The fourth-order valence-corrected chi connectivity index (χ4v) is 3.70. The molecule has 1 atom stereocenters. The van der Waals surface area contributed by atoms with Crippen LogP contribution in [0.15, 0.2) is 54.8 Å². The molecule has 5 heteroatoms. The molecule has 1 aliphatic rings. The molecule has 30 heavy (non-hydrogen) atoms. The summed E-state index contributed by atoms with van der Waals surface area (Å²) in [6.07, 6.45) is 3.58. The van der Waals surface area contributed by atoms with Crippen molar-refractivity contribution in [2.75, 3.05) is 0 Å². The fourth-order valence-electron chi connectivity index (χ4n) is 3.70. The van der Waals surface area contributed by atoms with E-state index in [1.165, 1.54) is 6.26 Å². The summed E-state index contributed by atoms with van der Waals surface area (Å²) in [4.78, 5) is 24.8. The number of hydrogen-bond donors (Lipinski definition) is 1. The van der Waals surface area contributed by atoms with Crippen LogP contribution in [0.1, 0.15) is 67.6 Å². The average Bonchev–Trinajstić information content (AvgIpc) is 2.71. The van der Waals surface area contributed by atoms with E-state index in [9.17, 15) is 14.7 Å². The quantitative estimate of drug-likeness (QED) is 0.572. The number of fused-ring (bicyclic) bond motifs is 1. The average molecular weight is 408 g/mol. The molecule has 0 amide bonds. The number of benzene rings is 2. The number of aliphatic hydroxyl groups is 1. The second-order valence-corrected chi connectivity index (χ2v) is 8.58. The molecule has 1 N–H and O–H groups in total. The Morgan fingerprint density at radius 3 is 2.40 bits per heavy atom. The van der Waals surface area contributed by atoms with Crippen LogP contribution in [0.25, 0.3) is 6.08 Å². The molecule has 1 aliphatic carbocycles. The molecule has 3 rings (SSSR count). The minimum absolute atomic E-state index is 0.179. The largest absolute Gasteiger partial charge is 0.461 e. The molecule has 0 saturated heterocycles. The molecule has 0 radical (unpaired) electrons. The van der Waals surface area contributed by atoms with Gasteiger partial charge in [-0.3, -0.25) is 0 Å². The van der Waals surface area contributed by atoms with Crippen molar-refractivity contribution in [1.29, 1.82) is 0 Å². The number of ether oxygens (including phenoxy) is 2. The van der Waals surface area contributed by atoms with E-state index in [2.05, 4.69) is 13.8 Å². The summed E-state index contributed by atoms with van der Waals surface area (Å²) in [7, 11) is 0. The Bertz CT molecular complexity index is 959. The predicted molar refractivity (Wildman–Crippen MR) is 115 cm³/mol. The number of rotatable bonds is 5. The van der Waals surface area contributed by atoms with Gasteiger partial charge in [0.1, 0.15) is 0 Å². The highest BCUT2D eigenvalue weighted by Crippen LogP contribution is 2.45. The summed E-state index contributed by atoms with van der Waals surface area (Å²) in [6, 6.07) is 14.3. The Labute approximate surface area is 177 Å². The maximum Gasteiger partial charge on any atom is 0.343 e. The van der Waals surface area contributed by atoms with E-state index >= 15 is 0 Å². The van der Waals surface area contributed by atoms with Gasteiger partial charge in [-0.1, -0.05) is 44.2 Å². The van der Waals surface area contributed by atoms with Crippen LogP contribution in [0.5, 0.6) is 0 Å². The molecule has 0 aliphatic heterocycles. The maximum atomic E-state index is 12.7. The monoisotopic (exact) mass is 408 g/mol. The molecule has 158 valence electrons. The van der Waals surface area contributed by atoms with Gasteiger partial charge < -0.3 is 14.6 Å². The van der Waals surface area contributed by atoms with Gasteiger partial charge in [0.15, 0.2) is 5.60 Å². The van der Waals surface area contributed by atoms with E-state index in [1.54, 1.807) is 50.3 Å². The van der Waals surface area contributed by atoms with Crippen molar-refractivity contribution in [3.63, 3.8) is 0 Å². The van der Waals surface area contributed by atoms with Crippen LogP contribution in [0, 0.1) is 0 Å². The zero-order chi connectivity index (χ0) is 21.9. The Balaban J connectivity index is 1.88. The van der Waals surface area contributed by atoms with E-state index in [1.807, 2.05) is 18.2 Å². The molecule has 2 aromatic carbocycles. The molecule has 2 aromatic rings. The van der Waals surface area contributed by atoms with Crippen molar-refractivity contribution in [3.8, 4) is 0 Å². The molecule has 1 unspecified atom stereocenters. The molecule has 0 fully saturated rings. The molecule has 0 aromatic heterocycles. The van der Waals surface area contributed by atoms with Gasteiger partial charge in [-0.25, -0.2) is 9.59 Å². The Hall–Kier alpha value is -2.92.